The van der Waals surface area contributed by atoms with Crippen molar-refractivity contribution in [2.75, 3.05) is 0 Å². The van der Waals surface area contributed by atoms with Crippen molar-refractivity contribution in [3.8, 4) is 0 Å². The van der Waals surface area contributed by atoms with Gasteiger partial charge in [-0.25, -0.2) is 0 Å². The van der Waals surface area contributed by atoms with Crippen molar-refractivity contribution < 1.29 is 48.0 Å². The van der Waals surface area contributed by atoms with Gasteiger partial charge in [-0.05, 0) is 0 Å². The van der Waals surface area contributed by atoms with E-state index < -0.39 is 5.09 Å². The van der Waals surface area contributed by atoms with Crippen LogP contribution in [0.5, 0.6) is 0 Å². The SMILES string of the molecule is N.O=[N+]([O-])O.[Ar]. The van der Waals surface area contributed by atoms with Crippen LogP contribution in [0.2, 0.25) is 0 Å². The molecule has 0 saturated carbocycles. The summed E-state index contributed by atoms with van der Waals surface area (Å²) in [6, 6.07) is 0. The van der Waals surface area contributed by atoms with Gasteiger partial charge in [-0.3, -0.25) is 0 Å². The Kier molecular flexibility index (Phi) is 24.3. The molecule has 0 aliphatic carbocycles. The Bertz CT molecular complexity index is 31.8. The molecule has 0 radical (unpaired) electrons. The summed E-state index contributed by atoms with van der Waals surface area (Å²) in [4.78, 5) is 8.36. The third kappa shape index (κ3) is 293. The molecule has 0 atom stereocenters. The van der Waals surface area contributed by atoms with Gasteiger partial charge in [0.25, 0.3) is 5.09 Å². The second-order valence-electron chi connectivity index (χ2n) is 0.238. The zero-order valence-electron chi connectivity index (χ0n) is 2.77. The minimum Gasteiger partial charge on any atom is -0.344 e. The summed E-state index contributed by atoms with van der Waals surface area (Å²) in [6.45, 7) is 0. The molecule has 0 bridgehead atoms. The van der Waals surface area contributed by atoms with E-state index in [2.05, 4.69) is 0 Å². The van der Waals surface area contributed by atoms with Crippen molar-refractivity contribution >= 4 is 0 Å². The minimum atomic E-state index is -1.50. The molecule has 0 aromatic rings. The zero-order chi connectivity index (χ0) is 3.58. The second kappa shape index (κ2) is 9.05. The minimum absolute atomic E-state index is 0. The van der Waals surface area contributed by atoms with Crippen LogP contribution in [-0.4, -0.2) is 10.3 Å². The molecule has 0 amide bonds. The molecule has 4 N–H and O–H groups in total. The van der Waals surface area contributed by atoms with Crippen molar-refractivity contribution in [3.05, 3.63) is 10.1 Å². The molecule has 0 spiro atoms. The maximum atomic E-state index is 8.36. The number of nitrogens with zero attached hydrogens (tertiary/aromatic N) is 1. The summed E-state index contributed by atoms with van der Waals surface area (Å²) in [5.41, 5.74) is 0. The van der Waals surface area contributed by atoms with Crippen LogP contribution in [0, 0.1) is 47.9 Å². The molecule has 0 aromatic heterocycles. The number of hydrogen-bond acceptors (Lipinski definition) is 3. The average Bonchev–Trinajstić information content (AvgIpc) is 0.811. The van der Waals surface area contributed by atoms with Crippen LogP contribution in [0.1, 0.15) is 0 Å². The van der Waals surface area contributed by atoms with Gasteiger partial charge in [-0.15, -0.1) is 10.1 Å². The molecular formula is H4ArN2O3. The van der Waals surface area contributed by atoms with Gasteiger partial charge in [0.15, 0.2) is 0 Å². The van der Waals surface area contributed by atoms with Crippen LogP contribution in [0.15, 0.2) is 0 Å². The predicted octanol–water partition coefficient (Wildman–Crippen LogP) is -0.186. The molecule has 0 rings (SSSR count). The fourth-order valence-electron chi connectivity index (χ4n) is 0. The molecule has 5 nitrogen and oxygen atoms in total. The first-order chi connectivity index (χ1) is 1.73. The zero-order valence-corrected chi connectivity index (χ0v) is 3.48. The van der Waals surface area contributed by atoms with Crippen LogP contribution in [0.25, 0.3) is 0 Å². The fourth-order valence-corrected chi connectivity index (χ4v) is 0. The molecule has 6 heteroatoms. The van der Waals surface area contributed by atoms with Gasteiger partial charge in [-0.1, -0.05) is 0 Å². The molecule has 0 aromatic carbocycles. The standard InChI is InChI=1S/Ar.HNO3.H3N/c;2-1(3)4;/h;(H,2,3,4);1H3. The topological polar surface area (TPSA) is 98.4 Å². The van der Waals surface area contributed by atoms with E-state index in [1.54, 1.807) is 0 Å². The Morgan fingerprint density at radius 1 is 1.67 bits per heavy atom. The van der Waals surface area contributed by atoms with Gasteiger partial charge in [0.1, 0.15) is 0 Å². The Balaban J connectivity index is -0.0000000450. The van der Waals surface area contributed by atoms with Gasteiger partial charge < -0.3 is 11.4 Å². The molecule has 0 heterocycles. The van der Waals surface area contributed by atoms with Gasteiger partial charge in [-0.2, -0.15) is 0 Å². The van der Waals surface area contributed by atoms with E-state index in [-0.39, 0.29) is 43.9 Å². The van der Waals surface area contributed by atoms with Crippen LogP contribution >= 0.6 is 0 Å². The Hall–Kier alpha value is 0.420. The smallest absolute Gasteiger partial charge is 0.291 e. The molecular weight excluding hydrogens is 116 g/mol. The number of hydrogen-bond donors (Lipinski definition) is 2. The summed E-state index contributed by atoms with van der Waals surface area (Å²) < 4.78 is 0. The molecule has 0 aliphatic rings. The quantitative estimate of drug-likeness (QED) is 0.342. The maximum Gasteiger partial charge on any atom is 0.291 e. The Morgan fingerprint density at radius 3 is 1.67 bits per heavy atom. The monoisotopic (exact) mass is 120 g/mol. The first-order valence-electron chi connectivity index (χ1n) is 0.565. The first kappa shape index (κ1) is 16.1. The third-order valence-electron chi connectivity index (χ3n) is 0. The van der Waals surface area contributed by atoms with Crippen LogP contribution in [0.4, 0.5) is 0 Å². The average molecular weight is 120 g/mol. The van der Waals surface area contributed by atoms with Crippen molar-refractivity contribution in [1.82, 2.24) is 6.15 Å². The van der Waals surface area contributed by atoms with E-state index in [9.17, 15) is 0 Å². The van der Waals surface area contributed by atoms with Crippen molar-refractivity contribution in [3.63, 3.8) is 0 Å². The fraction of sp³-hybridized carbons (Fsp3) is 0. The summed E-state index contributed by atoms with van der Waals surface area (Å²) in [5, 5.41) is 13.6. The summed E-state index contributed by atoms with van der Waals surface area (Å²) in [7, 11) is 0. The molecule has 0 fully saturated rings. The van der Waals surface area contributed by atoms with Gasteiger partial charge >= 0.3 is 0 Å². The van der Waals surface area contributed by atoms with Crippen LogP contribution in [0.3, 0.4) is 0 Å². The van der Waals surface area contributed by atoms with E-state index in [0.717, 1.165) is 0 Å². The third-order valence-corrected chi connectivity index (χ3v) is 0. The van der Waals surface area contributed by atoms with E-state index in [1.165, 1.54) is 0 Å². The predicted molar refractivity (Wildman–Crippen MR) is 13.8 cm³/mol. The second-order valence-corrected chi connectivity index (χ2v) is 0.238. The normalized spacial score (nSPS) is 4.00. The molecule has 0 unspecified atom stereocenters. The Morgan fingerprint density at radius 2 is 1.67 bits per heavy atom. The first-order valence-corrected chi connectivity index (χ1v) is 0.565. The van der Waals surface area contributed by atoms with Gasteiger partial charge in [0.2, 0.25) is 0 Å². The molecule has 0 saturated heterocycles. The maximum absolute atomic E-state index is 8.36. The van der Waals surface area contributed by atoms with Crippen LogP contribution < -0.4 is 6.15 Å². The summed E-state index contributed by atoms with van der Waals surface area (Å²) >= 11 is 0. The molecule has 0 aliphatic heterocycles. The van der Waals surface area contributed by atoms with Crippen molar-refractivity contribution in [2.24, 2.45) is 0 Å². The van der Waals surface area contributed by atoms with Gasteiger partial charge in [0.05, 0.1) is 0 Å². The van der Waals surface area contributed by atoms with Crippen molar-refractivity contribution in [2.45, 2.75) is 0 Å². The molecule has 6 heavy (non-hydrogen) atoms. The van der Waals surface area contributed by atoms with E-state index >= 15 is 0 Å². The van der Waals surface area contributed by atoms with Gasteiger partial charge in [0, 0.05) is 37.7 Å². The van der Waals surface area contributed by atoms with E-state index in [1.807, 2.05) is 0 Å². The Labute approximate surface area is 64.0 Å². The number of rotatable bonds is 0. The summed E-state index contributed by atoms with van der Waals surface area (Å²) in [5.74, 6) is 0. The summed E-state index contributed by atoms with van der Waals surface area (Å²) in [6.07, 6.45) is 0. The van der Waals surface area contributed by atoms with Crippen LogP contribution in [-0.2, 0) is 0 Å². The van der Waals surface area contributed by atoms with E-state index in [0.29, 0.717) is 0 Å². The largest absolute Gasteiger partial charge is 0.344 e. The van der Waals surface area contributed by atoms with Crippen molar-refractivity contribution in [1.29, 1.82) is 0 Å². The van der Waals surface area contributed by atoms with E-state index in [4.69, 9.17) is 15.3 Å². The molecule has 40 valence electrons.